The zero-order valence-electron chi connectivity index (χ0n) is 10.1. The van der Waals surface area contributed by atoms with Gasteiger partial charge in [-0.3, -0.25) is 9.59 Å². The molecule has 0 fully saturated rings. The molecule has 2 aromatic rings. The van der Waals surface area contributed by atoms with Gasteiger partial charge in [-0.15, -0.1) is 0 Å². The second-order valence-electron chi connectivity index (χ2n) is 4.42. The Balaban J connectivity index is 2.31. The number of hydrogen-bond donors (Lipinski definition) is 2. The van der Waals surface area contributed by atoms with Gasteiger partial charge in [0.15, 0.2) is 11.6 Å². The molecule has 0 spiro atoms. The zero-order valence-corrected chi connectivity index (χ0v) is 10.1. The summed E-state index contributed by atoms with van der Waals surface area (Å²) in [6, 6.07) is 8.40. The lowest BCUT2D eigenvalue weighted by Crippen LogP contribution is -2.21. The van der Waals surface area contributed by atoms with Crippen LogP contribution in [0.5, 0.6) is 5.75 Å². The number of phenols is 1. The number of aromatic hydroxyl groups is 1. The van der Waals surface area contributed by atoms with Crippen molar-refractivity contribution in [1.29, 1.82) is 0 Å². The average molecular weight is 268 g/mol. The molecule has 1 aliphatic rings. The lowest BCUT2D eigenvalue weighted by atomic mass is 9.83. The number of hydrogen-bond acceptors (Lipinski definition) is 4. The summed E-state index contributed by atoms with van der Waals surface area (Å²) in [6.45, 7) is 0. The SMILES string of the molecule is O=C(O)c1cc2c(cc1O)C(=O)c1ccccc1C2=O. The van der Waals surface area contributed by atoms with E-state index in [1.54, 1.807) is 12.1 Å². The van der Waals surface area contributed by atoms with Crippen LogP contribution in [0.4, 0.5) is 0 Å². The van der Waals surface area contributed by atoms with E-state index >= 15 is 0 Å². The number of benzene rings is 2. The van der Waals surface area contributed by atoms with Gasteiger partial charge in [0.25, 0.3) is 0 Å². The molecule has 0 aliphatic heterocycles. The first kappa shape index (κ1) is 12.1. The molecule has 3 rings (SSSR count). The summed E-state index contributed by atoms with van der Waals surface area (Å²) >= 11 is 0. The van der Waals surface area contributed by atoms with Gasteiger partial charge in [0, 0.05) is 22.3 Å². The third-order valence-corrected chi connectivity index (χ3v) is 3.27. The van der Waals surface area contributed by atoms with Crippen molar-refractivity contribution < 1.29 is 24.6 Å². The molecule has 0 saturated carbocycles. The van der Waals surface area contributed by atoms with Gasteiger partial charge in [-0.25, -0.2) is 4.79 Å². The van der Waals surface area contributed by atoms with E-state index in [1.807, 2.05) is 0 Å². The maximum absolute atomic E-state index is 12.3. The van der Waals surface area contributed by atoms with E-state index in [9.17, 15) is 19.5 Å². The highest BCUT2D eigenvalue weighted by atomic mass is 16.4. The molecule has 0 heterocycles. The predicted octanol–water partition coefficient (Wildman–Crippen LogP) is 1.87. The maximum atomic E-state index is 12.3. The molecule has 2 aromatic carbocycles. The van der Waals surface area contributed by atoms with Crippen LogP contribution in [0.2, 0.25) is 0 Å². The third kappa shape index (κ3) is 1.53. The zero-order chi connectivity index (χ0) is 14.4. The molecule has 98 valence electrons. The van der Waals surface area contributed by atoms with Gasteiger partial charge in [-0.1, -0.05) is 24.3 Å². The molecule has 2 N–H and O–H groups in total. The van der Waals surface area contributed by atoms with Crippen molar-refractivity contribution in [3.8, 4) is 5.75 Å². The second kappa shape index (κ2) is 4.03. The Kier molecular flexibility index (Phi) is 2.44. The topological polar surface area (TPSA) is 91.7 Å². The van der Waals surface area contributed by atoms with Crippen molar-refractivity contribution in [1.82, 2.24) is 0 Å². The van der Waals surface area contributed by atoms with E-state index in [-0.39, 0.29) is 22.3 Å². The van der Waals surface area contributed by atoms with Crippen molar-refractivity contribution in [3.05, 3.63) is 64.2 Å². The molecule has 0 saturated heterocycles. The molecule has 0 bridgehead atoms. The van der Waals surface area contributed by atoms with Crippen molar-refractivity contribution in [3.63, 3.8) is 0 Å². The molecule has 0 unspecified atom stereocenters. The molecule has 0 amide bonds. The van der Waals surface area contributed by atoms with Crippen LogP contribution in [-0.4, -0.2) is 27.7 Å². The summed E-state index contributed by atoms with van der Waals surface area (Å²) in [5.41, 5.74) is 0.129. The standard InChI is InChI=1S/C15H8O5/c16-12-6-10-9(5-11(12)15(19)20)13(17)7-3-1-2-4-8(7)14(10)18/h1-6,16H,(H,19,20). The smallest absolute Gasteiger partial charge is 0.339 e. The van der Waals surface area contributed by atoms with E-state index < -0.39 is 28.8 Å². The Bertz CT molecular complexity index is 789. The minimum atomic E-state index is -1.36. The summed E-state index contributed by atoms with van der Waals surface area (Å²) in [4.78, 5) is 35.6. The Labute approximate surface area is 113 Å². The summed E-state index contributed by atoms with van der Waals surface area (Å²) in [5, 5.41) is 18.6. The monoisotopic (exact) mass is 268 g/mol. The minimum Gasteiger partial charge on any atom is -0.507 e. The molecule has 0 atom stereocenters. The molecule has 20 heavy (non-hydrogen) atoms. The van der Waals surface area contributed by atoms with Crippen LogP contribution in [0.3, 0.4) is 0 Å². The highest BCUT2D eigenvalue weighted by Crippen LogP contribution is 2.31. The predicted molar refractivity (Wildman–Crippen MR) is 68.4 cm³/mol. The highest BCUT2D eigenvalue weighted by Gasteiger charge is 2.31. The van der Waals surface area contributed by atoms with Crippen molar-refractivity contribution in [2.24, 2.45) is 0 Å². The number of ketones is 2. The number of rotatable bonds is 1. The van der Waals surface area contributed by atoms with Gasteiger partial charge in [-0.2, -0.15) is 0 Å². The van der Waals surface area contributed by atoms with E-state index in [2.05, 4.69) is 0 Å². The Morgan fingerprint density at radius 3 is 1.85 bits per heavy atom. The van der Waals surface area contributed by atoms with Crippen molar-refractivity contribution in [2.75, 3.05) is 0 Å². The summed E-state index contributed by atoms with van der Waals surface area (Å²) in [5.74, 6) is -2.71. The van der Waals surface area contributed by atoms with E-state index in [0.717, 1.165) is 12.1 Å². The molecule has 0 radical (unpaired) electrons. The fourth-order valence-corrected chi connectivity index (χ4v) is 2.30. The van der Waals surface area contributed by atoms with Gasteiger partial charge in [0.1, 0.15) is 11.3 Å². The van der Waals surface area contributed by atoms with Crippen molar-refractivity contribution >= 4 is 17.5 Å². The van der Waals surface area contributed by atoms with E-state index in [4.69, 9.17) is 5.11 Å². The summed E-state index contributed by atoms with van der Waals surface area (Å²) < 4.78 is 0. The summed E-state index contributed by atoms with van der Waals surface area (Å²) in [7, 11) is 0. The number of carboxylic acids is 1. The van der Waals surface area contributed by atoms with Gasteiger partial charge in [-0.05, 0) is 12.1 Å². The third-order valence-electron chi connectivity index (χ3n) is 3.27. The van der Waals surface area contributed by atoms with Gasteiger partial charge in [0.05, 0.1) is 0 Å². The number of carbonyl (C=O) groups is 3. The van der Waals surface area contributed by atoms with Gasteiger partial charge in [0.2, 0.25) is 0 Å². The van der Waals surface area contributed by atoms with Gasteiger partial charge < -0.3 is 10.2 Å². The largest absolute Gasteiger partial charge is 0.507 e. The normalized spacial score (nSPS) is 12.8. The molecular formula is C15H8O5. The molecule has 1 aliphatic carbocycles. The molecule has 5 heteroatoms. The molecular weight excluding hydrogens is 260 g/mol. The minimum absolute atomic E-state index is 0.00361. The van der Waals surface area contributed by atoms with Crippen LogP contribution in [-0.2, 0) is 0 Å². The van der Waals surface area contributed by atoms with Gasteiger partial charge >= 0.3 is 5.97 Å². The van der Waals surface area contributed by atoms with Crippen LogP contribution in [0.1, 0.15) is 42.2 Å². The van der Waals surface area contributed by atoms with Crippen LogP contribution in [0.15, 0.2) is 36.4 Å². The lowest BCUT2D eigenvalue weighted by molar-refractivity contribution is 0.0693. The maximum Gasteiger partial charge on any atom is 0.339 e. The van der Waals surface area contributed by atoms with Crippen LogP contribution < -0.4 is 0 Å². The van der Waals surface area contributed by atoms with Crippen LogP contribution in [0, 0.1) is 0 Å². The number of carbonyl (C=O) groups excluding carboxylic acids is 2. The lowest BCUT2D eigenvalue weighted by Gasteiger charge is -2.18. The molecule has 5 nitrogen and oxygen atoms in total. The summed E-state index contributed by atoms with van der Waals surface area (Å²) in [6.07, 6.45) is 0. The first-order chi connectivity index (χ1) is 9.50. The molecule has 0 aromatic heterocycles. The Morgan fingerprint density at radius 2 is 1.35 bits per heavy atom. The number of fused-ring (bicyclic) bond motifs is 2. The number of carboxylic acid groups (broad SMARTS) is 1. The first-order valence-corrected chi connectivity index (χ1v) is 5.79. The fraction of sp³-hybridized carbons (Fsp3) is 0. The van der Waals surface area contributed by atoms with Crippen LogP contribution in [0.25, 0.3) is 0 Å². The Morgan fingerprint density at radius 1 is 0.850 bits per heavy atom. The average Bonchev–Trinajstić information content (AvgIpc) is 2.44. The second-order valence-corrected chi connectivity index (χ2v) is 4.42. The Hall–Kier alpha value is -2.95. The quantitative estimate of drug-likeness (QED) is 0.702. The highest BCUT2D eigenvalue weighted by molar-refractivity contribution is 6.28. The van der Waals surface area contributed by atoms with Crippen LogP contribution >= 0.6 is 0 Å². The van der Waals surface area contributed by atoms with E-state index in [1.165, 1.54) is 12.1 Å². The number of aromatic carboxylic acids is 1. The fourth-order valence-electron chi connectivity index (χ4n) is 2.30. The first-order valence-electron chi connectivity index (χ1n) is 5.79. The van der Waals surface area contributed by atoms with Crippen molar-refractivity contribution in [2.45, 2.75) is 0 Å². The van der Waals surface area contributed by atoms with E-state index in [0.29, 0.717) is 0 Å².